The van der Waals surface area contributed by atoms with Crippen molar-refractivity contribution in [3.8, 4) is 0 Å². The molecule has 170 valence electrons. The Labute approximate surface area is 183 Å². The van der Waals surface area contributed by atoms with Crippen LogP contribution in [0.2, 0.25) is 0 Å². The second kappa shape index (κ2) is 10.1. The van der Waals surface area contributed by atoms with Gasteiger partial charge < -0.3 is 0 Å². The standard InChI is InChI=1S/C25H33F3N2O/c1-3-29-23(31)24(19(2)13-14-25(26,27)28)15-17-30(18-16-24)22-12-8-7-11-21(22)20-9-5-4-6-10-20/h3-6,9-10,21-22H,2,7-8,11-18H2,1H3/t21-,22-/m0/s1. The monoisotopic (exact) mass is 434 g/mol. The van der Waals surface area contributed by atoms with Crippen LogP contribution in [0.4, 0.5) is 13.2 Å². The predicted molar refractivity (Wildman–Crippen MR) is 118 cm³/mol. The Bertz CT molecular complexity index is 780. The molecule has 1 saturated carbocycles. The maximum absolute atomic E-state index is 12.9. The highest BCUT2D eigenvalue weighted by atomic mass is 19.4. The van der Waals surface area contributed by atoms with Gasteiger partial charge in [-0.2, -0.15) is 13.2 Å². The number of alkyl halides is 3. The highest BCUT2D eigenvalue weighted by Crippen LogP contribution is 2.45. The van der Waals surface area contributed by atoms with Crippen molar-refractivity contribution in [1.82, 2.24) is 4.90 Å². The first-order chi connectivity index (χ1) is 14.8. The first-order valence-electron chi connectivity index (χ1n) is 11.3. The smallest absolute Gasteiger partial charge is 0.300 e. The molecule has 2 atom stereocenters. The summed E-state index contributed by atoms with van der Waals surface area (Å²) in [6.45, 7) is 6.97. The van der Waals surface area contributed by atoms with Gasteiger partial charge in [-0.15, -0.1) is 0 Å². The van der Waals surface area contributed by atoms with Crippen LogP contribution in [0.5, 0.6) is 0 Å². The Hall–Kier alpha value is -1.95. The maximum atomic E-state index is 12.9. The molecule has 3 rings (SSSR count). The third-order valence-corrected chi connectivity index (χ3v) is 7.12. The van der Waals surface area contributed by atoms with Gasteiger partial charge >= 0.3 is 6.18 Å². The molecule has 0 aromatic heterocycles. The van der Waals surface area contributed by atoms with E-state index in [1.54, 1.807) is 6.92 Å². The maximum Gasteiger partial charge on any atom is 0.389 e. The first kappa shape index (κ1) is 23.7. The van der Waals surface area contributed by atoms with Crippen LogP contribution in [0.1, 0.15) is 69.8 Å². The molecule has 31 heavy (non-hydrogen) atoms. The molecule has 1 aromatic carbocycles. The van der Waals surface area contributed by atoms with Gasteiger partial charge in [0.2, 0.25) is 0 Å². The number of benzene rings is 1. The van der Waals surface area contributed by atoms with Crippen LogP contribution < -0.4 is 0 Å². The van der Waals surface area contributed by atoms with Gasteiger partial charge in [0.15, 0.2) is 0 Å². The molecule has 1 amide bonds. The van der Waals surface area contributed by atoms with Crippen LogP contribution in [0.15, 0.2) is 47.5 Å². The zero-order chi connectivity index (χ0) is 22.5. The summed E-state index contributed by atoms with van der Waals surface area (Å²) in [5.41, 5.74) is 0.749. The van der Waals surface area contributed by atoms with Gasteiger partial charge in [-0.1, -0.05) is 55.3 Å². The Balaban J connectivity index is 1.75. The minimum Gasteiger partial charge on any atom is -0.300 e. The largest absolute Gasteiger partial charge is 0.389 e. The lowest BCUT2D eigenvalue weighted by molar-refractivity contribution is -0.137. The van der Waals surface area contributed by atoms with Gasteiger partial charge in [0, 0.05) is 18.7 Å². The van der Waals surface area contributed by atoms with Crippen molar-refractivity contribution in [1.29, 1.82) is 0 Å². The number of nitrogens with zero attached hydrogens (tertiary/aromatic N) is 2. The molecular formula is C25H33F3N2O. The number of hydrogen-bond donors (Lipinski definition) is 0. The van der Waals surface area contributed by atoms with E-state index in [0.717, 1.165) is 12.8 Å². The summed E-state index contributed by atoms with van der Waals surface area (Å²) in [5, 5.41) is 0. The number of hydrogen-bond acceptors (Lipinski definition) is 2. The molecule has 1 aliphatic heterocycles. The molecule has 0 bridgehead atoms. The summed E-state index contributed by atoms with van der Waals surface area (Å²) in [4.78, 5) is 19.3. The van der Waals surface area contributed by atoms with Crippen molar-refractivity contribution in [2.75, 3.05) is 13.1 Å². The number of carbonyl (C=O) groups excluding carboxylic acids is 1. The lowest BCUT2D eigenvalue weighted by atomic mass is 9.69. The Morgan fingerprint density at radius 2 is 1.84 bits per heavy atom. The van der Waals surface area contributed by atoms with E-state index in [9.17, 15) is 18.0 Å². The number of carbonyl (C=O) groups is 1. The average molecular weight is 435 g/mol. The number of piperidine rings is 1. The topological polar surface area (TPSA) is 32.7 Å². The fraction of sp³-hybridized carbons (Fsp3) is 0.600. The lowest BCUT2D eigenvalue weighted by Gasteiger charge is -2.47. The summed E-state index contributed by atoms with van der Waals surface area (Å²) in [5.74, 6) is 0.116. The Morgan fingerprint density at radius 1 is 1.19 bits per heavy atom. The van der Waals surface area contributed by atoms with E-state index in [0.29, 0.717) is 43.5 Å². The molecule has 0 spiro atoms. The summed E-state index contributed by atoms with van der Waals surface area (Å²) in [6.07, 6.45) is 1.64. The highest BCUT2D eigenvalue weighted by Gasteiger charge is 2.46. The highest BCUT2D eigenvalue weighted by molar-refractivity contribution is 5.91. The van der Waals surface area contributed by atoms with E-state index in [-0.39, 0.29) is 12.3 Å². The van der Waals surface area contributed by atoms with E-state index < -0.39 is 18.0 Å². The van der Waals surface area contributed by atoms with Gasteiger partial charge in [-0.3, -0.25) is 9.69 Å². The molecule has 1 aliphatic carbocycles. The fourth-order valence-electron chi connectivity index (χ4n) is 5.37. The number of rotatable bonds is 6. The number of amides is 1. The van der Waals surface area contributed by atoms with Crippen molar-refractivity contribution in [2.24, 2.45) is 10.4 Å². The van der Waals surface area contributed by atoms with Crippen LogP contribution in [-0.2, 0) is 4.79 Å². The second-order valence-electron chi connectivity index (χ2n) is 8.90. The van der Waals surface area contributed by atoms with Crippen molar-refractivity contribution in [3.05, 3.63) is 48.0 Å². The summed E-state index contributed by atoms with van der Waals surface area (Å²) >= 11 is 0. The lowest BCUT2D eigenvalue weighted by Crippen LogP contribution is -2.50. The van der Waals surface area contributed by atoms with E-state index >= 15 is 0 Å². The number of likely N-dealkylation sites (tertiary alicyclic amines) is 1. The molecule has 2 fully saturated rings. The number of aliphatic imine (C=N–C) groups is 1. The molecular weight excluding hydrogens is 401 g/mol. The molecule has 0 radical (unpaired) electrons. The Kier molecular flexibility index (Phi) is 7.73. The summed E-state index contributed by atoms with van der Waals surface area (Å²) in [7, 11) is 0. The summed E-state index contributed by atoms with van der Waals surface area (Å²) < 4.78 is 38.4. The van der Waals surface area contributed by atoms with Gasteiger partial charge in [0.05, 0.1) is 5.41 Å². The fourth-order valence-corrected chi connectivity index (χ4v) is 5.37. The van der Waals surface area contributed by atoms with Crippen molar-refractivity contribution in [3.63, 3.8) is 0 Å². The van der Waals surface area contributed by atoms with Crippen LogP contribution in [0, 0.1) is 5.41 Å². The minimum atomic E-state index is -4.26. The zero-order valence-corrected chi connectivity index (χ0v) is 18.3. The molecule has 3 nitrogen and oxygen atoms in total. The third kappa shape index (κ3) is 5.65. The van der Waals surface area contributed by atoms with Crippen LogP contribution in [0.3, 0.4) is 0 Å². The predicted octanol–water partition coefficient (Wildman–Crippen LogP) is 6.31. The molecule has 6 heteroatoms. The van der Waals surface area contributed by atoms with Gasteiger partial charge in [-0.05, 0) is 63.6 Å². The molecule has 2 aliphatic rings. The molecule has 0 unspecified atom stereocenters. The van der Waals surface area contributed by atoms with Crippen LogP contribution in [0.25, 0.3) is 0 Å². The minimum absolute atomic E-state index is 0.218. The third-order valence-electron chi connectivity index (χ3n) is 7.12. The van der Waals surface area contributed by atoms with Gasteiger partial charge in [-0.25, -0.2) is 4.99 Å². The quantitative estimate of drug-likeness (QED) is 0.388. The van der Waals surface area contributed by atoms with Gasteiger partial charge in [0.1, 0.15) is 0 Å². The molecule has 0 N–H and O–H groups in total. The van der Waals surface area contributed by atoms with Crippen molar-refractivity contribution in [2.45, 2.75) is 76.4 Å². The van der Waals surface area contributed by atoms with Crippen LogP contribution >= 0.6 is 0 Å². The Morgan fingerprint density at radius 3 is 2.45 bits per heavy atom. The molecule has 1 heterocycles. The average Bonchev–Trinajstić information content (AvgIpc) is 2.78. The molecule has 1 saturated heterocycles. The van der Waals surface area contributed by atoms with Crippen molar-refractivity contribution >= 4 is 12.1 Å². The molecule has 1 aromatic rings. The normalized spacial score (nSPS) is 24.9. The zero-order valence-electron chi connectivity index (χ0n) is 18.3. The second-order valence-corrected chi connectivity index (χ2v) is 8.90. The number of halogens is 3. The van der Waals surface area contributed by atoms with E-state index in [1.165, 1.54) is 24.6 Å². The van der Waals surface area contributed by atoms with Gasteiger partial charge in [0.25, 0.3) is 5.91 Å². The first-order valence-corrected chi connectivity index (χ1v) is 11.3. The SMILES string of the molecule is C=C(CCC(F)(F)F)C1(C(=O)N=CC)CCN([C@H]2CCCC[C@H]2c2ccccc2)CC1. The van der Waals surface area contributed by atoms with E-state index in [4.69, 9.17) is 0 Å². The van der Waals surface area contributed by atoms with E-state index in [1.807, 2.05) is 6.07 Å². The van der Waals surface area contributed by atoms with E-state index in [2.05, 4.69) is 40.7 Å². The summed E-state index contributed by atoms with van der Waals surface area (Å²) in [6, 6.07) is 11.0. The van der Waals surface area contributed by atoms with Crippen molar-refractivity contribution < 1.29 is 18.0 Å². The van der Waals surface area contributed by atoms with Crippen LogP contribution in [-0.4, -0.2) is 42.3 Å².